The Morgan fingerprint density at radius 1 is 1.14 bits per heavy atom. The highest BCUT2D eigenvalue weighted by Gasteiger charge is 1.98. The maximum absolute atomic E-state index is 4.52. The van der Waals surface area contributed by atoms with Crippen molar-refractivity contribution < 1.29 is 0 Å². The minimum absolute atomic E-state index is 0.966. The van der Waals surface area contributed by atoms with Gasteiger partial charge in [0.15, 0.2) is 0 Å². The molecule has 14 heavy (non-hydrogen) atoms. The molecule has 2 heterocycles. The van der Waals surface area contributed by atoms with Crippen molar-refractivity contribution in [1.82, 2.24) is 9.97 Å². The Kier molecular flexibility index (Phi) is 2.54. The van der Waals surface area contributed by atoms with Gasteiger partial charge in [-0.15, -0.1) is 0 Å². The molecule has 0 aliphatic rings. The van der Waals surface area contributed by atoms with Gasteiger partial charge in [0.25, 0.3) is 0 Å². The molecule has 0 saturated carbocycles. The van der Waals surface area contributed by atoms with Gasteiger partial charge >= 0.3 is 0 Å². The largest absolute Gasteiger partial charge is 0.264 e. The molecule has 0 spiro atoms. The molecule has 0 amide bonds. The van der Waals surface area contributed by atoms with E-state index in [-0.39, 0.29) is 0 Å². The predicted octanol–water partition coefficient (Wildman–Crippen LogP) is 2.71. The molecular weight excluding hydrogens is 172 g/mol. The van der Waals surface area contributed by atoms with Gasteiger partial charge in [-0.1, -0.05) is 13.0 Å². The first-order valence-electron chi connectivity index (χ1n) is 4.76. The third-order valence-electron chi connectivity index (χ3n) is 2.13. The molecule has 2 rings (SSSR count). The summed E-state index contributed by atoms with van der Waals surface area (Å²) in [7, 11) is 0. The summed E-state index contributed by atoms with van der Waals surface area (Å²) in [6.07, 6.45) is 4.57. The molecule has 0 N–H and O–H groups in total. The van der Waals surface area contributed by atoms with E-state index >= 15 is 0 Å². The molecule has 0 fully saturated rings. The van der Waals surface area contributed by atoms with Crippen molar-refractivity contribution in [3.63, 3.8) is 0 Å². The van der Waals surface area contributed by atoms with Crippen LogP contribution in [0.2, 0.25) is 0 Å². The van der Waals surface area contributed by atoms with E-state index in [2.05, 4.69) is 16.9 Å². The zero-order valence-corrected chi connectivity index (χ0v) is 8.14. The molecule has 0 aliphatic carbocycles. The number of hydrogen-bond donors (Lipinski definition) is 0. The predicted molar refractivity (Wildman–Crippen MR) is 56.8 cm³/mol. The molecule has 0 aliphatic heterocycles. The van der Waals surface area contributed by atoms with Crippen molar-refractivity contribution in [2.24, 2.45) is 0 Å². The Balaban J connectivity index is 2.42. The Hall–Kier alpha value is -1.70. The summed E-state index contributed by atoms with van der Waals surface area (Å²) in [5, 5.41) is 0. The molecular formula is C12H12N2. The summed E-state index contributed by atoms with van der Waals surface area (Å²) in [4.78, 5) is 8.60. The van der Waals surface area contributed by atoms with Gasteiger partial charge in [-0.25, -0.2) is 0 Å². The molecule has 2 heteroatoms. The number of pyridine rings is 2. The van der Waals surface area contributed by atoms with Crippen molar-refractivity contribution in [3.05, 3.63) is 48.4 Å². The Morgan fingerprint density at radius 3 is 2.79 bits per heavy atom. The van der Waals surface area contributed by atoms with Crippen LogP contribution in [0.25, 0.3) is 11.3 Å². The van der Waals surface area contributed by atoms with Crippen molar-refractivity contribution in [1.29, 1.82) is 0 Å². The highest BCUT2D eigenvalue weighted by Crippen LogP contribution is 2.15. The average Bonchev–Trinajstić information content (AvgIpc) is 2.30. The molecule has 2 aromatic heterocycles. The van der Waals surface area contributed by atoms with E-state index in [0.717, 1.165) is 23.4 Å². The fourth-order valence-corrected chi connectivity index (χ4v) is 1.35. The lowest BCUT2D eigenvalue weighted by Crippen LogP contribution is -1.89. The molecule has 70 valence electrons. The summed E-state index contributed by atoms with van der Waals surface area (Å²) in [6, 6.07) is 10.0. The van der Waals surface area contributed by atoms with Gasteiger partial charge in [0.05, 0.1) is 5.69 Å². The summed E-state index contributed by atoms with van der Waals surface area (Å²) >= 11 is 0. The zero-order chi connectivity index (χ0) is 9.80. The lowest BCUT2D eigenvalue weighted by Gasteiger charge is -2.01. The van der Waals surface area contributed by atoms with Crippen LogP contribution < -0.4 is 0 Å². The van der Waals surface area contributed by atoms with Crippen LogP contribution >= 0.6 is 0 Å². The van der Waals surface area contributed by atoms with Crippen LogP contribution in [0.4, 0.5) is 0 Å². The summed E-state index contributed by atoms with van der Waals surface area (Å²) in [5.74, 6) is 0. The van der Waals surface area contributed by atoms with E-state index in [0.29, 0.717) is 0 Å². The minimum atomic E-state index is 0.966. The maximum Gasteiger partial charge on any atom is 0.0720 e. The van der Waals surface area contributed by atoms with Crippen LogP contribution in [0.1, 0.15) is 12.6 Å². The van der Waals surface area contributed by atoms with Crippen LogP contribution in [-0.2, 0) is 6.42 Å². The van der Waals surface area contributed by atoms with Crippen molar-refractivity contribution in [2.45, 2.75) is 13.3 Å². The number of nitrogens with zero attached hydrogens (tertiary/aromatic N) is 2. The monoisotopic (exact) mass is 184 g/mol. The van der Waals surface area contributed by atoms with Gasteiger partial charge < -0.3 is 0 Å². The van der Waals surface area contributed by atoms with Crippen LogP contribution in [0.15, 0.2) is 42.7 Å². The second-order valence-electron chi connectivity index (χ2n) is 3.11. The molecule has 0 bridgehead atoms. The first-order chi connectivity index (χ1) is 6.90. The van der Waals surface area contributed by atoms with E-state index in [4.69, 9.17) is 0 Å². The molecule has 0 radical (unpaired) electrons. The highest BCUT2D eigenvalue weighted by molar-refractivity contribution is 5.57. The molecule has 0 saturated heterocycles. The zero-order valence-electron chi connectivity index (χ0n) is 8.14. The first kappa shape index (κ1) is 8.88. The van der Waals surface area contributed by atoms with E-state index in [1.165, 1.54) is 0 Å². The molecule has 0 aromatic carbocycles. The summed E-state index contributed by atoms with van der Waals surface area (Å²) < 4.78 is 0. The first-order valence-corrected chi connectivity index (χ1v) is 4.76. The molecule has 0 unspecified atom stereocenters. The number of aromatic nitrogens is 2. The third kappa shape index (κ3) is 1.79. The van der Waals surface area contributed by atoms with Gasteiger partial charge in [0.2, 0.25) is 0 Å². The number of rotatable bonds is 2. The van der Waals surface area contributed by atoms with Crippen LogP contribution in [0.5, 0.6) is 0 Å². The van der Waals surface area contributed by atoms with Crippen LogP contribution in [0.3, 0.4) is 0 Å². The van der Waals surface area contributed by atoms with Crippen molar-refractivity contribution in [2.75, 3.05) is 0 Å². The lowest BCUT2D eigenvalue weighted by atomic mass is 10.2. The second-order valence-corrected chi connectivity index (χ2v) is 3.11. The van der Waals surface area contributed by atoms with E-state index < -0.39 is 0 Å². The topological polar surface area (TPSA) is 25.8 Å². The summed E-state index contributed by atoms with van der Waals surface area (Å²) in [6.45, 7) is 2.11. The fraction of sp³-hybridized carbons (Fsp3) is 0.167. The summed E-state index contributed by atoms with van der Waals surface area (Å²) in [5.41, 5.74) is 3.19. The van der Waals surface area contributed by atoms with Crippen LogP contribution in [0, 0.1) is 0 Å². The van der Waals surface area contributed by atoms with Gasteiger partial charge in [-0.2, -0.15) is 0 Å². The third-order valence-corrected chi connectivity index (χ3v) is 2.13. The second kappa shape index (κ2) is 4.01. The Bertz CT molecular complexity index is 410. The quantitative estimate of drug-likeness (QED) is 0.717. The van der Waals surface area contributed by atoms with Crippen LogP contribution in [-0.4, -0.2) is 9.97 Å². The Labute approximate surface area is 83.7 Å². The Morgan fingerprint density at radius 2 is 2.07 bits per heavy atom. The minimum Gasteiger partial charge on any atom is -0.264 e. The molecule has 0 atom stereocenters. The SMILES string of the molecule is CCc1cccc(-c2cccnc2)n1. The van der Waals surface area contributed by atoms with Gasteiger partial charge in [0.1, 0.15) is 0 Å². The molecule has 2 aromatic rings. The van der Waals surface area contributed by atoms with E-state index in [1.54, 1.807) is 6.20 Å². The maximum atomic E-state index is 4.52. The molecule has 2 nitrogen and oxygen atoms in total. The number of aryl methyl sites for hydroxylation is 1. The van der Waals surface area contributed by atoms with E-state index in [1.807, 2.05) is 36.5 Å². The smallest absolute Gasteiger partial charge is 0.0720 e. The number of hydrogen-bond acceptors (Lipinski definition) is 2. The normalized spacial score (nSPS) is 10.1. The highest BCUT2D eigenvalue weighted by atomic mass is 14.7. The van der Waals surface area contributed by atoms with Gasteiger partial charge in [-0.3, -0.25) is 9.97 Å². The lowest BCUT2D eigenvalue weighted by molar-refractivity contribution is 1.04. The average molecular weight is 184 g/mol. The van der Waals surface area contributed by atoms with E-state index in [9.17, 15) is 0 Å². The van der Waals surface area contributed by atoms with Gasteiger partial charge in [-0.05, 0) is 30.7 Å². The van der Waals surface area contributed by atoms with Crippen molar-refractivity contribution >= 4 is 0 Å². The van der Waals surface area contributed by atoms with Gasteiger partial charge in [0, 0.05) is 23.7 Å². The standard InChI is InChI=1S/C12H12N2/c1-2-11-6-3-7-12(14-11)10-5-4-8-13-9-10/h3-9H,2H2,1H3. The van der Waals surface area contributed by atoms with Crippen molar-refractivity contribution in [3.8, 4) is 11.3 Å². The fourth-order valence-electron chi connectivity index (χ4n) is 1.35.